The molecule has 4 rings (SSSR count). The molecule has 0 N–H and O–H groups in total. The summed E-state index contributed by atoms with van der Waals surface area (Å²) in [6.45, 7) is 2.02. The van der Waals surface area contributed by atoms with Crippen molar-refractivity contribution in [3.8, 4) is 0 Å². The predicted molar refractivity (Wildman–Crippen MR) is 114 cm³/mol. The molecule has 1 aromatic rings. The number of likely N-dealkylation sites (tertiary alicyclic amines) is 2. The Morgan fingerprint density at radius 3 is 1.97 bits per heavy atom. The van der Waals surface area contributed by atoms with Crippen molar-refractivity contribution in [2.24, 2.45) is 5.41 Å². The van der Waals surface area contributed by atoms with Crippen LogP contribution in [-0.2, 0) is 17.5 Å². The van der Waals surface area contributed by atoms with Crippen LogP contribution in [0.3, 0.4) is 0 Å². The van der Waals surface area contributed by atoms with E-state index in [9.17, 15) is 44.3 Å². The van der Waals surface area contributed by atoms with E-state index in [1.165, 1.54) is 6.07 Å². The van der Waals surface area contributed by atoms with E-state index in [-0.39, 0.29) is 25.2 Å². The van der Waals surface area contributed by atoms with E-state index in [1.54, 1.807) is 6.07 Å². The van der Waals surface area contributed by atoms with Gasteiger partial charge < -0.3 is 14.5 Å². The van der Waals surface area contributed by atoms with Gasteiger partial charge in [-0.15, -0.1) is 0 Å². The summed E-state index contributed by atoms with van der Waals surface area (Å²) in [5.74, 6) is 0. The number of amides is 1. The Hall–Kier alpha value is -2.38. The number of piperidine rings is 1. The van der Waals surface area contributed by atoms with E-state index in [0.717, 1.165) is 23.8 Å². The minimum atomic E-state index is -5.79. The number of hydrogen-bond acceptors (Lipinski definition) is 4. The molecule has 1 spiro atoms. The lowest BCUT2D eigenvalue weighted by Crippen LogP contribution is -2.63. The number of carbonyl (C=O) groups excluding carboxylic acids is 1. The number of halogens is 9. The molecule has 0 aliphatic carbocycles. The fourth-order valence-corrected chi connectivity index (χ4v) is 5.37. The highest BCUT2D eigenvalue weighted by molar-refractivity contribution is 5.69. The average molecular weight is 547 g/mol. The number of ether oxygens (including phenoxy) is 1. The van der Waals surface area contributed by atoms with E-state index >= 15 is 0 Å². The number of benzene rings is 1. The standard InChI is InChI=1S/C23H26F9N3O2/c24-21(25,26)16-4-3-5-17(34-8-1-2-9-34)15(16)12-33-10-6-20(7-11-33)13-35(14-20)19(36)37-18(22(27,28)29)23(30,31)32/h3-5,18H,1-2,6-14H2. The maximum atomic E-state index is 13.8. The third kappa shape index (κ3) is 6.04. The van der Waals surface area contributed by atoms with Crippen molar-refractivity contribution < 1.29 is 49.0 Å². The van der Waals surface area contributed by atoms with Crippen LogP contribution in [0, 0.1) is 5.41 Å². The van der Waals surface area contributed by atoms with E-state index in [0.29, 0.717) is 44.7 Å². The van der Waals surface area contributed by atoms with Crippen LogP contribution < -0.4 is 4.90 Å². The fourth-order valence-electron chi connectivity index (χ4n) is 5.37. The first-order valence-electron chi connectivity index (χ1n) is 11.8. The molecule has 3 fully saturated rings. The Morgan fingerprint density at radius 2 is 1.46 bits per heavy atom. The monoisotopic (exact) mass is 547 g/mol. The second-order valence-corrected chi connectivity index (χ2v) is 9.97. The van der Waals surface area contributed by atoms with Crippen molar-refractivity contribution in [1.82, 2.24) is 9.80 Å². The van der Waals surface area contributed by atoms with Crippen LogP contribution in [0.1, 0.15) is 36.8 Å². The summed E-state index contributed by atoms with van der Waals surface area (Å²) in [5.41, 5.74) is -0.465. The van der Waals surface area contributed by atoms with Gasteiger partial charge in [-0.2, -0.15) is 39.5 Å². The van der Waals surface area contributed by atoms with Crippen LogP contribution in [0.5, 0.6) is 0 Å². The molecule has 5 nitrogen and oxygen atoms in total. The SMILES string of the molecule is O=C(OC(C(F)(F)F)C(F)(F)F)N1CC2(CCN(Cc3c(N4CCCC4)cccc3C(F)(F)F)CC2)C1. The zero-order valence-corrected chi connectivity index (χ0v) is 19.6. The molecule has 14 heteroatoms. The molecule has 3 saturated heterocycles. The topological polar surface area (TPSA) is 36.0 Å². The van der Waals surface area contributed by atoms with E-state index in [1.807, 2.05) is 9.80 Å². The number of anilines is 1. The van der Waals surface area contributed by atoms with Crippen LogP contribution in [0.25, 0.3) is 0 Å². The third-order valence-corrected chi connectivity index (χ3v) is 7.33. The highest BCUT2D eigenvalue weighted by Crippen LogP contribution is 2.44. The molecule has 0 saturated carbocycles. The molecule has 1 aromatic carbocycles. The molecular weight excluding hydrogens is 521 g/mol. The van der Waals surface area contributed by atoms with Gasteiger partial charge >= 0.3 is 24.6 Å². The molecule has 0 bridgehead atoms. The zero-order valence-electron chi connectivity index (χ0n) is 19.6. The third-order valence-electron chi connectivity index (χ3n) is 7.33. The van der Waals surface area contributed by atoms with Crippen molar-refractivity contribution in [1.29, 1.82) is 0 Å². The average Bonchev–Trinajstić information content (AvgIpc) is 3.29. The van der Waals surface area contributed by atoms with Crippen molar-refractivity contribution in [2.75, 3.05) is 44.2 Å². The van der Waals surface area contributed by atoms with Gasteiger partial charge in [0.2, 0.25) is 0 Å². The van der Waals surface area contributed by atoms with Crippen molar-refractivity contribution in [3.63, 3.8) is 0 Å². The van der Waals surface area contributed by atoms with Crippen LogP contribution in [0.2, 0.25) is 0 Å². The summed E-state index contributed by atoms with van der Waals surface area (Å²) in [5, 5.41) is 0. The molecule has 0 aromatic heterocycles. The summed E-state index contributed by atoms with van der Waals surface area (Å²) in [6.07, 6.45) is -19.3. The molecule has 208 valence electrons. The summed E-state index contributed by atoms with van der Waals surface area (Å²) >= 11 is 0. The minimum Gasteiger partial charge on any atom is -0.426 e. The van der Waals surface area contributed by atoms with Gasteiger partial charge in [-0.25, -0.2) is 4.79 Å². The van der Waals surface area contributed by atoms with Crippen LogP contribution >= 0.6 is 0 Å². The van der Waals surface area contributed by atoms with Crippen molar-refractivity contribution in [3.05, 3.63) is 29.3 Å². The lowest BCUT2D eigenvalue weighted by molar-refractivity contribution is -0.309. The maximum absolute atomic E-state index is 13.8. The lowest BCUT2D eigenvalue weighted by atomic mass is 9.72. The van der Waals surface area contributed by atoms with Gasteiger partial charge in [0.25, 0.3) is 6.10 Å². The Morgan fingerprint density at radius 1 is 0.892 bits per heavy atom. The number of alkyl halides is 9. The number of rotatable bonds is 4. The molecular formula is C23H26F9N3O2. The maximum Gasteiger partial charge on any atom is 0.434 e. The first-order chi connectivity index (χ1) is 17.1. The molecule has 3 aliphatic rings. The molecule has 37 heavy (non-hydrogen) atoms. The number of nitrogens with zero attached hydrogens (tertiary/aromatic N) is 3. The molecule has 3 heterocycles. The first-order valence-corrected chi connectivity index (χ1v) is 11.8. The Balaban J connectivity index is 1.37. The Labute approximate surface area is 207 Å². The summed E-state index contributed by atoms with van der Waals surface area (Å²) in [4.78, 5) is 16.5. The normalized spacial score (nSPS) is 21.0. The van der Waals surface area contributed by atoms with Crippen molar-refractivity contribution >= 4 is 11.8 Å². The first kappa shape index (κ1) is 27.6. The smallest absolute Gasteiger partial charge is 0.426 e. The summed E-state index contributed by atoms with van der Waals surface area (Å²) in [7, 11) is 0. The molecule has 0 atom stereocenters. The van der Waals surface area contributed by atoms with Gasteiger partial charge in [0.1, 0.15) is 0 Å². The number of hydrogen-bond donors (Lipinski definition) is 0. The van der Waals surface area contributed by atoms with Gasteiger partial charge in [-0.1, -0.05) is 6.07 Å². The van der Waals surface area contributed by atoms with Gasteiger partial charge in [-0.05, 0) is 50.9 Å². The molecule has 0 radical (unpaired) electrons. The largest absolute Gasteiger partial charge is 0.434 e. The van der Waals surface area contributed by atoms with Gasteiger partial charge in [-0.3, -0.25) is 4.90 Å². The van der Waals surface area contributed by atoms with Crippen LogP contribution in [0.4, 0.5) is 50.0 Å². The van der Waals surface area contributed by atoms with Gasteiger partial charge in [0.15, 0.2) is 0 Å². The second-order valence-electron chi connectivity index (χ2n) is 9.97. The van der Waals surface area contributed by atoms with Crippen LogP contribution in [-0.4, -0.2) is 73.6 Å². The lowest BCUT2D eigenvalue weighted by Gasteiger charge is -2.53. The number of carbonyl (C=O) groups is 1. The highest BCUT2D eigenvalue weighted by Gasteiger charge is 2.61. The molecule has 1 amide bonds. The fraction of sp³-hybridized carbons (Fsp3) is 0.696. The van der Waals surface area contributed by atoms with Gasteiger partial charge in [0.05, 0.1) is 5.56 Å². The van der Waals surface area contributed by atoms with Crippen LogP contribution in [0.15, 0.2) is 18.2 Å². The Bertz CT molecular complexity index is 957. The zero-order chi connectivity index (χ0) is 27.2. The second kappa shape index (κ2) is 9.73. The molecule has 0 unspecified atom stereocenters. The highest BCUT2D eigenvalue weighted by atomic mass is 19.4. The summed E-state index contributed by atoms with van der Waals surface area (Å²) < 4.78 is 121. The Kier molecular flexibility index (Phi) is 7.27. The minimum absolute atomic E-state index is 0.0577. The van der Waals surface area contributed by atoms with E-state index < -0.39 is 41.7 Å². The molecule has 3 aliphatic heterocycles. The van der Waals surface area contributed by atoms with E-state index in [2.05, 4.69) is 4.74 Å². The predicted octanol–water partition coefficient (Wildman–Crippen LogP) is 5.83. The van der Waals surface area contributed by atoms with Gasteiger partial charge in [0, 0.05) is 49.4 Å². The van der Waals surface area contributed by atoms with E-state index in [4.69, 9.17) is 0 Å². The quantitative estimate of drug-likeness (QED) is 0.445. The van der Waals surface area contributed by atoms with Crippen molar-refractivity contribution in [2.45, 2.75) is 56.9 Å². The summed E-state index contributed by atoms with van der Waals surface area (Å²) in [6, 6.07) is 4.15.